The van der Waals surface area contributed by atoms with E-state index in [-0.39, 0.29) is 0 Å². The van der Waals surface area contributed by atoms with Gasteiger partial charge in [-0.3, -0.25) is 0 Å². The first kappa shape index (κ1) is 9.19. The fraction of sp³-hybridized carbons (Fsp3) is 0.125. The highest BCUT2D eigenvalue weighted by Gasteiger charge is 2.06. The Labute approximate surface area is 74.9 Å². The Kier molecular flexibility index (Phi) is 3.22. The van der Waals surface area contributed by atoms with Gasteiger partial charge in [-0.05, 0) is 17.7 Å². The number of hydroxylamine groups is 1. The van der Waals surface area contributed by atoms with E-state index in [1.807, 2.05) is 5.48 Å². The van der Waals surface area contributed by atoms with Gasteiger partial charge in [0.15, 0.2) is 0 Å². The Morgan fingerprint density at radius 1 is 1.42 bits per heavy atom. The van der Waals surface area contributed by atoms with Gasteiger partial charge < -0.3 is 10.0 Å². The van der Waals surface area contributed by atoms with Crippen LogP contribution in [0, 0.1) is 0 Å². The molecule has 1 atom stereocenters. The second kappa shape index (κ2) is 4.21. The number of hydrogen-bond acceptors (Lipinski definition) is 3. The first-order valence-corrected chi connectivity index (χ1v) is 3.76. The van der Waals surface area contributed by atoms with Gasteiger partial charge in [0.2, 0.25) is 0 Å². The van der Waals surface area contributed by atoms with E-state index in [9.17, 15) is 4.79 Å². The maximum atomic E-state index is 10.4. The number of halogens is 1. The van der Waals surface area contributed by atoms with Crippen LogP contribution in [0.5, 0.6) is 0 Å². The van der Waals surface area contributed by atoms with Gasteiger partial charge in [0, 0.05) is 5.02 Å². The smallest absolute Gasteiger partial charge is 0.143 e. The molecule has 0 saturated heterocycles. The van der Waals surface area contributed by atoms with E-state index in [0.29, 0.717) is 16.9 Å². The van der Waals surface area contributed by atoms with Crippen molar-refractivity contribution >= 4 is 17.9 Å². The van der Waals surface area contributed by atoms with Crippen molar-refractivity contribution in [3.05, 3.63) is 34.9 Å². The number of aldehydes is 1. The summed E-state index contributed by atoms with van der Waals surface area (Å²) in [4.78, 5) is 10.4. The van der Waals surface area contributed by atoms with Crippen molar-refractivity contribution in [2.24, 2.45) is 0 Å². The Hall–Kier alpha value is -0.900. The molecule has 0 aliphatic carbocycles. The lowest BCUT2D eigenvalue weighted by molar-refractivity contribution is -0.111. The van der Waals surface area contributed by atoms with Crippen molar-refractivity contribution in [1.82, 2.24) is 5.48 Å². The Balaban J connectivity index is 2.87. The summed E-state index contributed by atoms with van der Waals surface area (Å²) < 4.78 is 0. The molecule has 0 heterocycles. The highest BCUT2D eigenvalue weighted by molar-refractivity contribution is 6.30. The molecular weight excluding hydrogens is 178 g/mol. The molecule has 1 aromatic carbocycles. The third kappa shape index (κ3) is 2.04. The molecule has 1 aromatic rings. The standard InChI is InChI=1S/C8H8ClNO2/c9-7-3-1-6(2-4-7)8(5-11)10-12/h1-5,8,10,12H. The van der Waals surface area contributed by atoms with Gasteiger partial charge in [0.25, 0.3) is 0 Å². The van der Waals surface area contributed by atoms with Crippen LogP contribution < -0.4 is 5.48 Å². The second-order valence-corrected chi connectivity index (χ2v) is 2.73. The molecule has 1 rings (SSSR count). The van der Waals surface area contributed by atoms with E-state index in [1.54, 1.807) is 24.3 Å². The number of rotatable bonds is 3. The summed E-state index contributed by atoms with van der Waals surface area (Å²) in [5, 5.41) is 9.13. The molecule has 0 saturated carbocycles. The van der Waals surface area contributed by atoms with E-state index in [0.717, 1.165) is 0 Å². The van der Waals surface area contributed by atoms with Crippen molar-refractivity contribution in [3.8, 4) is 0 Å². The molecular formula is C8H8ClNO2. The van der Waals surface area contributed by atoms with Crippen LogP contribution >= 0.6 is 11.6 Å². The average Bonchev–Trinajstić information content (AvgIpc) is 2.10. The summed E-state index contributed by atoms with van der Waals surface area (Å²) in [6.07, 6.45) is 0.614. The number of benzene rings is 1. The van der Waals surface area contributed by atoms with Crippen LogP contribution in [0.1, 0.15) is 11.6 Å². The average molecular weight is 186 g/mol. The molecule has 0 spiro atoms. The minimum Gasteiger partial charge on any atom is -0.316 e. The molecule has 0 bridgehead atoms. The molecule has 12 heavy (non-hydrogen) atoms. The lowest BCUT2D eigenvalue weighted by atomic mass is 10.1. The SMILES string of the molecule is O=CC(NO)c1ccc(Cl)cc1. The maximum Gasteiger partial charge on any atom is 0.143 e. The summed E-state index contributed by atoms with van der Waals surface area (Å²) in [5.41, 5.74) is 2.55. The largest absolute Gasteiger partial charge is 0.316 e. The van der Waals surface area contributed by atoms with Gasteiger partial charge in [-0.15, -0.1) is 0 Å². The van der Waals surface area contributed by atoms with E-state index in [1.165, 1.54) is 0 Å². The van der Waals surface area contributed by atoms with Crippen LogP contribution in [-0.4, -0.2) is 11.5 Å². The number of carbonyl (C=O) groups is 1. The summed E-state index contributed by atoms with van der Waals surface area (Å²) >= 11 is 5.63. The molecule has 64 valence electrons. The predicted molar refractivity (Wildman–Crippen MR) is 45.2 cm³/mol. The molecule has 0 aromatic heterocycles. The van der Waals surface area contributed by atoms with Crippen LogP contribution in [0.2, 0.25) is 5.02 Å². The van der Waals surface area contributed by atoms with E-state index >= 15 is 0 Å². The normalized spacial score (nSPS) is 12.5. The Morgan fingerprint density at radius 3 is 2.42 bits per heavy atom. The Morgan fingerprint density at radius 2 is 2.00 bits per heavy atom. The molecule has 0 amide bonds. The molecule has 0 radical (unpaired) electrons. The van der Waals surface area contributed by atoms with Crippen molar-refractivity contribution in [1.29, 1.82) is 0 Å². The third-order valence-corrected chi connectivity index (χ3v) is 1.76. The highest BCUT2D eigenvalue weighted by Crippen LogP contribution is 2.14. The zero-order valence-corrected chi connectivity index (χ0v) is 6.95. The third-order valence-electron chi connectivity index (χ3n) is 1.50. The topological polar surface area (TPSA) is 49.3 Å². The molecule has 0 aliphatic rings. The van der Waals surface area contributed by atoms with Crippen LogP contribution in [0.25, 0.3) is 0 Å². The number of hydrogen-bond donors (Lipinski definition) is 2. The molecule has 4 heteroatoms. The summed E-state index contributed by atoms with van der Waals surface area (Å²) in [6, 6.07) is 5.98. The zero-order chi connectivity index (χ0) is 8.97. The predicted octanol–water partition coefficient (Wildman–Crippen LogP) is 1.56. The fourth-order valence-corrected chi connectivity index (χ4v) is 0.980. The molecule has 0 fully saturated rings. The molecule has 1 unspecified atom stereocenters. The van der Waals surface area contributed by atoms with Gasteiger partial charge in [0.1, 0.15) is 12.3 Å². The van der Waals surface area contributed by atoms with Crippen LogP contribution in [0.15, 0.2) is 24.3 Å². The molecule has 2 N–H and O–H groups in total. The van der Waals surface area contributed by atoms with Crippen LogP contribution in [0.3, 0.4) is 0 Å². The lowest BCUT2D eigenvalue weighted by Crippen LogP contribution is -2.17. The van der Waals surface area contributed by atoms with E-state index in [2.05, 4.69) is 0 Å². The van der Waals surface area contributed by atoms with Gasteiger partial charge in [-0.1, -0.05) is 23.7 Å². The van der Waals surface area contributed by atoms with Gasteiger partial charge in [-0.2, -0.15) is 5.48 Å². The van der Waals surface area contributed by atoms with Gasteiger partial charge in [-0.25, -0.2) is 0 Å². The summed E-state index contributed by atoms with van der Waals surface area (Å²) in [5.74, 6) is 0. The van der Waals surface area contributed by atoms with Gasteiger partial charge in [0.05, 0.1) is 0 Å². The first-order valence-electron chi connectivity index (χ1n) is 3.38. The summed E-state index contributed by atoms with van der Waals surface area (Å²) in [7, 11) is 0. The Bertz CT molecular complexity index is 260. The van der Waals surface area contributed by atoms with E-state index < -0.39 is 6.04 Å². The van der Waals surface area contributed by atoms with Crippen LogP contribution in [-0.2, 0) is 4.79 Å². The summed E-state index contributed by atoms with van der Waals surface area (Å²) in [6.45, 7) is 0. The van der Waals surface area contributed by atoms with Crippen LogP contribution in [0.4, 0.5) is 0 Å². The van der Waals surface area contributed by atoms with Crippen molar-refractivity contribution < 1.29 is 10.0 Å². The minimum absolute atomic E-state index is 0.598. The molecule has 0 aliphatic heterocycles. The van der Waals surface area contributed by atoms with Gasteiger partial charge >= 0.3 is 0 Å². The number of nitrogens with one attached hydrogen (secondary N) is 1. The van der Waals surface area contributed by atoms with Crippen molar-refractivity contribution in [2.45, 2.75) is 6.04 Å². The van der Waals surface area contributed by atoms with Crippen molar-refractivity contribution in [3.63, 3.8) is 0 Å². The number of carbonyl (C=O) groups excluding carboxylic acids is 1. The maximum absolute atomic E-state index is 10.4. The molecule has 3 nitrogen and oxygen atoms in total. The first-order chi connectivity index (χ1) is 5.77. The fourth-order valence-electron chi connectivity index (χ4n) is 0.854. The second-order valence-electron chi connectivity index (χ2n) is 2.29. The van der Waals surface area contributed by atoms with Crippen molar-refractivity contribution in [2.75, 3.05) is 0 Å². The highest BCUT2D eigenvalue weighted by atomic mass is 35.5. The quantitative estimate of drug-likeness (QED) is 0.555. The zero-order valence-electron chi connectivity index (χ0n) is 6.20. The monoisotopic (exact) mass is 185 g/mol. The minimum atomic E-state index is -0.678. The van der Waals surface area contributed by atoms with E-state index in [4.69, 9.17) is 16.8 Å². The lowest BCUT2D eigenvalue weighted by Gasteiger charge is -2.06.